The Kier molecular flexibility index (Phi) is 4.15. The van der Waals surface area contributed by atoms with Gasteiger partial charge in [-0.2, -0.15) is 0 Å². The Hall–Kier alpha value is -1.02. The zero-order valence-corrected chi connectivity index (χ0v) is 10.0. The van der Waals surface area contributed by atoms with Crippen LogP contribution in [0.5, 0.6) is 0 Å². The maximum Gasteiger partial charge on any atom is 0.245 e. The van der Waals surface area contributed by atoms with Crippen molar-refractivity contribution in [1.29, 1.82) is 0 Å². The highest BCUT2D eigenvalue weighted by Gasteiger charge is 2.22. The van der Waals surface area contributed by atoms with E-state index in [4.69, 9.17) is 11.6 Å². The van der Waals surface area contributed by atoms with Crippen molar-refractivity contribution in [3.63, 3.8) is 0 Å². The van der Waals surface area contributed by atoms with Crippen molar-refractivity contribution in [2.75, 3.05) is 7.05 Å². The van der Waals surface area contributed by atoms with Crippen LogP contribution in [0.4, 0.5) is 0 Å². The molecular weight excluding hydrogens is 210 g/mol. The van der Waals surface area contributed by atoms with Crippen molar-refractivity contribution >= 4 is 17.5 Å². The van der Waals surface area contributed by atoms with Gasteiger partial charge in [0.05, 0.1) is 0 Å². The lowest BCUT2D eigenvalue weighted by molar-refractivity contribution is -0.131. The smallest absolute Gasteiger partial charge is 0.245 e. The van der Waals surface area contributed by atoms with Crippen LogP contribution in [0.1, 0.15) is 24.8 Å². The fraction of sp³-hybridized carbons (Fsp3) is 0.417. The number of likely N-dealkylation sites (N-methyl/N-ethyl adjacent to an activating group) is 1. The van der Waals surface area contributed by atoms with Gasteiger partial charge in [-0.05, 0) is 19.4 Å². The average molecular weight is 226 g/mol. The topological polar surface area (TPSA) is 20.3 Å². The monoisotopic (exact) mass is 225 g/mol. The van der Waals surface area contributed by atoms with Crippen molar-refractivity contribution < 1.29 is 4.79 Å². The lowest BCUT2D eigenvalue weighted by Gasteiger charge is -2.24. The van der Waals surface area contributed by atoms with E-state index in [9.17, 15) is 4.79 Å². The predicted octanol–water partition coefficient (Wildman–Crippen LogP) is 2.83. The van der Waals surface area contributed by atoms with Crippen molar-refractivity contribution in [1.82, 2.24) is 4.90 Å². The van der Waals surface area contributed by atoms with Crippen molar-refractivity contribution in [3.8, 4) is 0 Å². The Morgan fingerprint density at radius 3 is 2.27 bits per heavy atom. The Balaban J connectivity index is 2.78. The summed E-state index contributed by atoms with van der Waals surface area (Å²) in [5.41, 5.74) is 0.844. The van der Waals surface area contributed by atoms with E-state index in [0.29, 0.717) is 0 Å². The molecule has 0 aromatic heterocycles. The molecule has 2 nitrogen and oxygen atoms in total. The Morgan fingerprint density at radius 2 is 1.80 bits per heavy atom. The van der Waals surface area contributed by atoms with Gasteiger partial charge in [0, 0.05) is 13.1 Å². The van der Waals surface area contributed by atoms with Gasteiger partial charge in [0.2, 0.25) is 5.91 Å². The number of amides is 1. The zero-order valence-electron chi connectivity index (χ0n) is 9.27. The number of benzene rings is 1. The van der Waals surface area contributed by atoms with Gasteiger partial charge in [0.15, 0.2) is 0 Å². The summed E-state index contributed by atoms with van der Waals surface area (Å²) in [7, 11) is 1.77. The summed E-state index contributed by atoms with van der Waals surface area (Å²) in [4.78, 5) is 13.5. The van der Waals surface area contributed by atoms with Gasteiger partial charge in [0.25, 0.3) is 0 Å². The molecule has 0 aliphatic heterocycles. The van der Waals surface area contributed by atoms with Gasteiger partial charge in [-0.3, -0.25) is 4.79 Å². The lowest BCUT2D eigenvalue weighted by atomic mass is 10.1. The Morgan fingerprint density at radius 1 is 1.27 bits per heavy atom. The summed E-state index contributed by atoms with van der Waals surface area (Å²) in [6.45, 7) is 3.93. The summed E-state index contributed by atoms with van der Waals surface area (Å²) in [6.07, 6.45) is 0. The van der Waals surface area contributed by atoms with Crippen LogP contribution in [0, 0.1) is 0 Å². The first kappa shape index (κ1) is 12.1. The van der Waals surface area contributed by atoms with Crippen molar-refractivity contribution in [3.05, 3.63) is 35.9 Å². The molecule has 1 atom stereocenters. The summed E-state index contributed by atoms with van der Waals surface area (Å²) >= 11 is 6.10. The number of halogens is 1. The van der Waals surface area contributed by atoms with Crippen molar-refractivity contribution in [2.24, 2.45) is 0 Å². The first-order valence-electron chi connectivity index (χ1n) is 4.99. The van der Waals surface area contributed by atoms with Gasteiger partial charge in [-0.25, -0.2) is 0 Å². The molecule has 0 saturated carbocycles. The van der Waals surface area contributed by atoms with Gasteiger partial charge in [-0.1, -0.05) is 30.3 Å². The third-order valence-corrected chi connectivity index (χ3v) is 2.87. The molecule has 3 heteroatoms. The molecule has 0 aliphatic carbocycles. The molecule has 1 amide bonds. The average Bonchev–Trinajstić information content (AvgIpc) is 2.27. The van der Waals surface area contributed by atoms with E-state index >= 15 is 0 Å². The summed E-state index contributed by atoms with van der Waals surface area (Å²) in [5.74, 6) is -0.0575. The van der Waals surface area contributed by atoms with Crippen LogP contribution in [-0.2, 0) is 4.79 Å². The molecule has 1 aromatic carbocycles. The second-order valence-electron chi connectivity index (χ2n) is 3.82. The normalized spacial score (nSPS) is 12.6. The maximum atomic E-state index is 11.9. The molecule has 1 rings (SSSR count). The van der Waals surface area contributed by atoms with E-state index in [1.54, 1.807) is 11.9 Å². The van der Waals surface area contributed by atoms with Crippen LogP contribution in [-0.4, -0.2) is 23.9 Å². The summed E-state index contributed by atoms with van der Waals surface area (Å²) in [5, 5.41) is -0.585. The van der Waals surface area contributed by atoms with Crippen LogP contribution in [0.2, 0.25) is 0 Å². The molecule has 0 saturated heterocycles. The number of carbonyl (C=O) groups excluding carboxylic acids is 1. The number of rotatable bonds is 3. The highest BCUT2D eigenvalue weighted by atomic mass is 35.5. The van der Waals surface area contributed by atoms with Crippen LogP contribution in [0.25, 0.3) is 0 Å². The van der Waals surface area contributed by atoms with Gasteiger partial charge in [0.1, 0.15) is 5.38 Å². The molecule has 0 bridgehead atoms. The molecule has 15 heavy (non-hydrogen) atoms. The molecule has 1 unspecified atom stereocenters. The molecule has 1 aromatic rings. The molecule has 0 fully saturated rings. The van der Waals surface area contributed by atoms with E-state index in [0.717, 1.165) is 5.56 Å². The van der Waals surface area contributed by atoms with E-state index in [2.05, 4.69) is 0 Å². The number of nitrogens with zero attached hydrogens (tertiary/aromatic N) is 1. The van der Waals surface area contributed by atoms with E-state index < -0.39 is 5.38 Å². The number of carbonyl (C=O) groups is 1. The van der Waals surface area contributed by atoms with Crippen LogP contribution in [0.15, 0.2) is 30.3 Å². The number of hydrogen-bond acceptors (Lipinski definition) is 1. The highest BCUT2D eigenvalue weighted by Crippen LogP contribution is 2.22. The van der Waals surface area contributed by atoms with Gasteiger partial charge in [-0.15, -0.1) is 11.6 Å². The first-order valence-corrected chi connectivity index (χ1v) is 5.43. The standard InChI is InChI=1S/C12H16ClNO/c1-9(2)14(3)12(15)11(13)10-7-5-4-6-8-10/h4-9,11H,1-3H3. The van der Waals surface area contributed by atoms with Gasteiger partial charge < -0.3 is 4.90 Å². The zero-order chi connectivity index (χ0) is 11.4. The number of hydrogen-bond donors (Lipinski definition) is 0. The SMILES string of the molecule is CC(C)N(C)C(=O)C(Cl)c1ccccc1. The van der Waals surface area contributed by atoms with Crippen LogP contribution < -0.4 is 0 Å². The summed E-state index contributed by atoms with van der Waals surface area (Å²) in [6, 6.07) is 9.57. The first-order chi connectivity index (χ1) is 7.04. The third-order valence-electron chi connectivity index (χ3n) is 2.43. The molecule has 0 N–H and O–H groups in total. The lowest BCUT2D eigenvalue weighted by Crippen LogP contribution is -2.35. The fourth-order valence-corrected chi connectivity index (χ4v) is 1.50. The van der Waals surface area contributed by atoms with E-state index in [-0.39, 0.29) is 11.9 Å². The minimum Gasteiger partial charge on any atom is -0.342 e. The highest BCUT2D eigenvalue weighted by molar-refractivity contribution is 6.30. The predicted molar refractivity (Wildman–Crippen MR) is 62.9 cm³/mol. The van der Waals surface area contributed by atoms with E-state index in [1.807, 2.05) is 44.2 Å². The minimum atomic E-state index is -0.585. The molecule has 82 valence electrons. The molecule has 0 spiro atoms. The van der Waals surface area contributed by atoms with Crippen LogP contribution in [0.3, 0.4) is 0 Å². The molecular formula is C12H16ClNO. The summed E-state index contributed by atoms with van der Waals surface area (Å²) < 4.78 is 0. The second kappa shape index (κ2) is 5.17. The van der Waals surface area contributed by atoms with Gasteiger partial charge >= 0.3 is 0 Å². The second-order valence-corrected chi connectivity index (χ2v) is 4.25. The molecule has 0 aliphatic rings. The minimum absolute atomic E-state index is 0.0575. The van der Waals surface area contributed by atoms with E-state index in [1.165, 1.54) is 0 Å². The third kappa shape index (κ3) is 2.96. The molecule has 0 radical (unpaired) electrons. The maximum absolute atomic E-state index is 11.9. The Bertz CT molecular complexity index is 324. The Labute approximate surface area is 95.8 Å². The quantitative estimate of drug-likeness (QED) is 0.725. The van der Waals surface area contributed by atoms with Crippen LogP contribution >= 0.6 is 11.6 Å². The number of alkyl halides is 1. The fourth-order valence-electron chi connectivity index (χ4n) is 1.20. The van der Waals surface area contributed by atoms with Crippen molar-refractivity contribution in [2.45, 2.75) is 25.3 Å². The largest absolute Gasteiger partial charge is 0.342 e. The molecule has 0 heterocycles.